The fourth-order valence-electron chi connectivity index (χ4n) is 7.37. The van der Waals surface area contributed by atoms with Gasteiger partial charge in [-0.05, 0) is 99.2 Å². The smallest absolute Gasteiger partial charge is 0.338 e. The molecule has 0 aromatic heterocycles. The monoisotopic (exact) mass is 480 g/mol. The van der Waals surface area contributed by atoms with Gasteiger partial charge in [-0.3, -0.25) is 19.3 Å². The normalized spacial score (nSPS) is 29.5. The summed E-state index contributed by atoms with van der Waals surface area (Å²) in [6.45, 7) is 6.16. The minimum absolute atomic E-state index is 0.0579. The Morgan fingerprint density at radius 2 is 1.60 bits per heavy atom. The number of carbonyl (C=O) groups excluding carboxylic acids is 4. The first-order valence-electron chi connectivity index (χ1n) is 13.1. The number of carbonyl (C=O) groups is 4. The highest BCUT2D eigenvalue weighted by atomic mass is 16.5. The number of esters is 1. The van der Waals surface area contributed by atoms with E-state index in [9.17, 15) is 19.2 Å². The van der Waals surface area contributed by atoms with Crippen LogP contribution in [0, 0.1) is 29.1 Å². The van der Waals surface area contributed by atoms with Crippen molar-refractivity contribution in [3.05, 3.63) is 34.9 Å². The van der Waals surface area contributed by atoms with Gasteiger partial charge in [0.15, 0.2) is 6.61 Å². The largest absolute Gasteiger partial charge is 0.452 e. The molecule has 1 unspecified atom stereocenters. The number of amides is 3. The van der Waals surface area contributed by atoms with Gasteiger partial charge < -0.3 is 10.1 Å². The Bertz CT molecular complexity index is 1030. The molecule has 188 valence electrons. The summed E-state index contributed by atoms with van der Waals surface area (Å²) < 4.78 is 5.28. The second-order valence-electron chi connectivity index (χ2n) is 11.9. The van der Waals surface area contributed by atoms with E-state index in [1.54, 1.807) is 0 Å². The van der Waals surface area contributed by atoms with E-state index < -0.39 is 5.97 Å². The van der Waals surface area contributed by atoms with Crippen LogP contribution in [0.1, 0.15) is 96.8 Å². The van der Waals surface area contributed by atoms with Crippen LogP contribution in [0.2, 0.25) is 0 Å². The van der Waals surface area contributed by atoms with Crippen LogP contribution in [-0.4, -0.2) is 47.8 Å². The molecule has 0 spiro atoms. The van der Waals surface area contributed by atoms with Gasteiger partial charge in [-0.25, -0.2) is 4.79 Å². The van der Waals surface area contributed by atoms with Gasteiger partial charge >= 0.3 is 5.97 Å². The van der Waals surface area contributed by atoms with E-state index >= 15 is 0 Å². The van der Waals surface area contributed by atoms with Crippen molar-refractivity contribution >= 4 is 23.7 Å². The van der Waals surface area contributed by atoms with Crippen LogP contribution >= 0.6 is 0 Å². The van der Waals surface area contributed by atoms with Gasteiger partial charge in [-0.2, -0.15) is 0 Å². The molecule has 1 heterocycles. The summed E-state index contributed by atoms with van der Waals surface area (Å²) in [6, 6.07) is 4.44. The maximum atomic E-state index is 12.7. The molecule has 7 heteroatoms. The maximum absolute atomic E-state index is 12.7. The van der Waals surface area contributed by atoms with Crippen LogP contribution in [0.3, 0.4) is 0 Å². The van der Waals surface area contributed by atoms with Crippen molar-refractivity contribution in [2.24, 2.45) is 29.1 Å². The molecule has 5 aliphatic rings. The number of benzene rings is 1. The van der Waals surface area contributed by atoms with Crippen molar-refractivity contribution in [2.75, 3.05) is 13.2 Å². The third-order valence-electron chi connectivity index (χ3n) is 8.85. The van der Waals surface area contributed by atoms with Crippen LogP contribution in [0.4, 0.5) is 0 Å². The molecule has 7 nitrogen and oxygen atoms in total. The predicted octanol–water partition coefficient (Wildman–Crippen LogP) is 4.21. The van der Waals surface area contributed by atoms with Gasteiger partial charge in [0.2, 0.25) is 0 Å². The van der Waals surface area contributed by atoms with Crippen molar-refractivity contribution in [1.29, 1.82) is 0 Å². The average molecular weight is 481 g/mol. The van der Waals surface area contributed by atoms with E-state index in [4.69, 9.17) is 4.74 Å². The van der Waals surface area contributed by atoms with Crippen molar-refractivity contribution in [3.63, 3.8) is 0 Å². The molecule has 1 atom stereocenters. The summed E-state index contributed by atoms with van der Waals surface area (Å²) in [5.41, 5.74) is 0.867. The molecule has 4 fully saturated rings. The highest BCUT2D eigenvalue weighted by molar-refractivity contribution is 6.22. The Hall–Kier alpha value is -2.70. The molecule has 0 radical (unpaired) electrons. The predicted molar refractivity (Wildman–Crippen MR) is 130 cm³/mol. The van der Waals surface area contributed by atoms with Gasteiger partial charge in [0.25, 0.3) is 17.7 Å². The molecular weight excluding hydrogens is 444 g/mol. The number of fused-ring (bicyclic) bond motifs is 1. The summed E-state index contributed by atoms with van der Waals surface area (Å²) in [5.74, 6) is 1.07. The van der Waals surface area contributed by atoms with Crippen LogP contribution in [-0.2, 0) is 9.53 Å². The van der Waals surface area contributed by atoms with Gasteiger partial charge in [0.1, 0.15) is 0 Å². The standard InChI is InChI=1S/C28H36N2O5/c1-16(2)6-7-30-25(32)22-5-4-21(11-23(22)26(30)33)27(34)35-15-24(31)29-17(3)28-12-18-8-19(13-28)10-20(9-18)14-28/h4-5,11,16-20H,6-10,12-15H2,1-3H3,(H,29,31). The van der Waals surface area contributed by atoms with Gasteiger partial charge in [-0.15, -0.1) is 0 Å². The Labute approximate surface area is 207 Å². The minimum Gasteiger partial charge on any atom is -0.452 e. The summed E-state index contributed by atoms with van der Waals surface area (Å²) >= 11 is 0. The molecule has 6 rings (SSSR count). The Kier molecular flexibility index (Phi) is 6.22. The minimum atomic E-state index is -0.675. The van der Waals surface area contributed by atoms with Gasteiger partial charge in [0, 0.05) is 12.6 Å². The quantitative estimate of drug-likeness (QED) is 0.445. The average Bonchev–Trinajstić information content (AvgIpc) is 3.04. The number of ether oxygens (including phenoxy) is 1. The highest BCUT2D eigenvalue weighted by Gasteiger charge is 2.53. The summed E-state index contributed by atoms with van der Waals surface area (Å²) in [6.07, 6.45) is 8.34. The first-order chi connectivity index (χ1) is 16.6. The van der Waals surface area contributed by atoms with Gasteiger partial charge in [-0.1, -0.05) is 13.8 Å². The molecule has 35 heavy (non-hydrogen) atoms. The van der Waals surface area contributed by atoms with Crippen molar-refractivity contribution in [1.82, 2.24) is 10.2 Å². The summed E-state index contributed by atoms with van der Waals surface area (Å²) in [7, 11) is 0. The van der Waals surface area contributed by atoms with E-state index in [-0.39, 0.29) is 46.9 Å². The van der Waals surface area contributed by atoms with E-state index in [0.29, 0.717) is 18.0 Å². The lowest BCUT2D eigenvalue weighted by Gasteiger charge is -2.59. The third-order valence-corrected chi connectivity index (χ3v) is 8.85. The molecular formula is C28H36N2O5. The molecule has 1 aliphatic heterocycles. The summed E-state index contributed by atoms with van der Waals surface area (Å²) in [4.78, 5) is 51.8. The maximum Gasteiger partial charge on any atom is 0.338 e. The number of rotatable bonds is 8. The number of nitrogens with zero attached hydrogens (tertiary/aromatic N) is 1. The number of hydrogen-bond acceptors (Lipinski definition) is 5. The van der Waals surface area contributed by atoms with Crippen LogP contribution in [0.15, 0.2) is 18.2 Å². The summed E-state index contributed by atoms with van der Waals surface area (Å²) in [5, 5.41) is 3.11. The van der Waals surface area contributed by atoms with Crippen LogP contribution in [0.5, 0.6) is 0 Å². The number of hydrogen-bond donors (Lipinski definition) is 1. The third kappa shape index (κ3) is 4.50. The van der Waals surface area contributed by atoms with Crippen LogP contribution in [0.25, 0.3) is 0 Å². The van der Waals surface area contributed by atoms with Crippen molar-refractivity contribution < 1.29 is 23.9 Å². The number of imide groups is 1. The fraction of sp³-hybridized carbons (Fsp3) is 0.643. The molecule has 1 aromatic rings. The zero-order chi connectivity index (χ0) is 24.9. The molecule has 4 saturated carbocycles. The second kappa shape index (κ2) is 9.07. The molecule has 1 aromatic carbocycles. The SMILES string of the molecule is CC(C)CCN1C(=O)c2ccc(C(=O)OCC(=O)NC(C)C34CC5CC(CC(C5)C3)C4)cc2C1=O. The fourth-order valence-corrected chi connectivity index (χ4v) is 7.37. The zero-order valence-electron chi connectivity index (χ0n) is 21.0. The molecule has 1 N–H and O–H groups in total. The van der Waals surface area contributed by atoms with E-state index in [1.807, 2.05) is 13.8 Å². The molecule has 3 amide bonds. The number of nitrogens with one attached hydrogen (secondary N) is 1. The second-order valence-corrected chi connectivity index (χ2v) is 11.9. The van der Waals surface area contributed by atoms with Crippen molar-refractivity contribution in [2.45, 2.75) is 71.8 Å². The van der Waals surface area contributed by atoms with E-state index in [0.717, 1.165) is 24.2 Å². The van der Waals surface area contributed by atoms with Crippen LogP contribution < -0.4 is 5.32 Å². The first-order valence-corrected chi connectivity index (χ1v) is 13.1. The first kappa shape index (κ1) is 24.0. The molecule has 0 saturated heterocycles. The zero-order valence-corrected chi connectivity index (χ0v) is 21.0. The van der Waals surface area contributed by atoms with Gasteiger partial charge in [0.05, 0.1) is 16.7 Å². The molecule has 4 bridgehead atoms. The Balaban J connectivity index is 1.17. The Morgan fingerprint density at radius 1 is 1.00 bits per heavy atom. The Morgan fingerprint density at radius 3 is 2.20 bits per heavy atom. The lowest BCUT2D eigenvalue weighted by molar-refractivity contribution is -0.128. The van der Waals surface area contributed by atoms with Crippen molar-refractivity contribution in [3.8, 4) is 0 Å². The van der Waals surface area contributed by atoms with E-state index in [2.05, 4.69) is 12.2 Å². The molecule has 4 aliphatic carbocycles. The van der Waals surface area contributed by atoms with E-state index in [1.165, 1.54) is 61.6 Å². The lowest BCUT2D eigenvalue weighted by atomic mass is 9.48. The lowest BCUT2D eigenvalue weighted by Crippen LogP contribution is -2.56. The highest BCUT2D eigenvalue weighted by Crippen LogP contribution is 2.61. The topological polar surface area (TPSA) is 92.8 Å².